The fraction of sp³-hybridized carbons (Fsp3) is 0.286. The first-order valence-corrected chi connectivity index (χ1v) is 7.15. The molecule has 19 heavy (non-hydrogen) atoms. The maximum absolute atomic E-state index is 13.8. The summed E-state index contributed by atoms with van der Waals surface area (Å²) in [4.78, 5) is 0.958. The molecule has 2 nitrogen and oxygen atoms in total. The van der Waals surface area contributed by atoms with Crippen LogP contribution < -0.4 is 10.5 Å². The van der Waals surface area contributed by atoms with Crippen molar-refractivity contribution in [3.05, 3.63) is 50.9 Å². The Hall–Kier alpha value is -1.10. The van der Waals surface area contributed by atoms with E-state index in [2.05, 4.69) is 0 Å². The number of hydrogen-bond acceptors (Lipinski definition) is 3. The van der Waals surface area contributed by atoms with Crippen LogP contribution in [0.25, 0.3) is 0 Å². The molecular formula is C14H15ClFNOS. The number of halogens is 2. The van der Waals surface area contributed by atoms with Crippen LogP contribution in [0.15, 0.2) is 30.3 Å². The van der Waals surface area contributed by atoms with Gasteiger partial charge in [0.1, 0.15) is 6.61 Å². The topological polar surface area (TPSA) is 35.2 Å². The number of hydrogen-bond donors (Lipinski definition) is 1. The third-order valence-electron chi connectivity index (χ3n) is 2.58. The predicted molar refractivity (Wildman–Crippen MR) is 77.4 cm³/mol. The molecule has 0 bridgehead atoms. The summed E-state index contributed by atoms with van der Waals surface area (Å²) in [5.74, 6) is -0.0786. The summed E-state index contributed by atoms with van der Waals surface area (Å²) < 4.78 is 20.1. The van der Waals surface area contributed by atoms with E-state index in [4.69, 9.17) is 22.1 Å². The summed E-state index contributed by atoms with van der Waals surface area (Å²) in [6, 6.07) is 8.53. The van der Waals surface area contributed by atoms with Gasteiger partial charge in [-0.2, -0.15) is 0 Å². The van der Waals surface area contributed by atoms with Crippen molar-refractivity contribution < 1.29 is 9.13 Å². The summed E-state index contributed by atoms with van der Waals surface area (Å²) in [5.41, 5.74) is 6.55. The summed E-state index contributed by atoms with van der Waals surface area (Å²) >= 11 is 7.27. The molecule has 1 aromatic heterocycles. The number of rotatable bonds is 5. The molecule has 5 heteroatoms. The second-order valence-electron chi connectivity index (χ2n) is 4.40. The predicted octanol–water partition coefficient (Wildman–Crippen LogP) is 4.01. The number of ether oxygens (including phenoxy) is 1. The SMILES string of the molecule is CC(N)Cc1cccc(F)c1OCc1ccc(Cl)s1. The zero-order valence-corrected chi connectivity index (χ0v) is 12.1. The molecule has 2 rings (SSSR count). The molecular weight excluding hydrogens is 285 g/mol. The van der Waals surface area contributed by atoms with Crippen molar-refractivity contribution in [2.24, 2.45) is 5.73 Å². The maximum atomic E-state index is 13.8. The van der Waals surface area contributed by atoms with Gasteiger partial charge in [0, 0.05) is 10.9 Å². The molecule has 0 saturated heterocycles. The first-order valence-electron chi connectivity index (χ1n) is 5.96. The molecule has 0 aliphatic rings. The van der Waals surface area contributed by atoms with Gasteiger partial charge in [-0.1, -0.05) is 23.7 Å². The van der Waals surface area contributed by atoms with Gasteiger partial charge in [-0.05, 0) is 37.1 Å². The molecule has 0 aliphatic carbocycles. The van der Waals surface area contributed by atoms with Crippen LogP contribution in [0.4, 0.5) is 4.39 Å². The van der Waals surface area contributed by atoms with Gasteiger partial charge >= 0.3 is 0 Å². The molecule has 1 aromatic carbocycles. The monoisotopic (exact) mass is 299 g/mol. The van der Waals surface area contributed by atoms with Crippen molar-refractivity contribution in [3.8, 4) is 5.75 Å². The molecule has 102 valence electrons. The van der Waals surface area contributed by atoms with Gasteiger partial charge in [-0.25, -0.2) is 4.39 Å². The number of benzene rings is 1. The smallest absolute Gasteiger partial charge is 0.165 e. The van der Waals surface area contributed by atoms with Crippen LogP contribution >= 0.6 is 22.9 Å². The minimum absolute atomic E-state index is 0.0414. The second kappa shape index (κ2) is 6.37. The van der Waals surface area contributed by atoms with Gasteiger partial charge in [-0.15, -0.1) is 11.3 Å². The Bertz CT molecular complexity index is 556. The van der Waals surface area contributed by atoms with Crippen LogP contribution in [0.2, 0.25) is 4.34 Å². The van der Waals surface area contributed by atoms with E-state index < -0.39 is 0 Å². The Labute approximate surface area is 121 Å². The summed E-state index contributed by atoms with van der Waals surface area (Å²) in [6.07, 6.45) is 0.582. The Balaban J connectivity index is 2.14. The van der Waals surface area contributed by atoms with Crippen molar-refractivity contribution in [1.82, 2.24) is 0 Å². The van der Waals surface area contributed by atoms with Gasteiger partial charge < -0.3 is 10.5 Å². The lowest BCUT2D eigenvalue weighted by atomic mass is 10.1. The van der Waals surface area contributed by atoms with Crippen LogP contribution in [-0.2, 0) is 13.0 Å². The molecule has 0 spiro atoms. The van der Waals surface area contributed by atoms with Gasteiger partial charge in [-0.3, -0.25) is 0 Å². The van der Waals surface area contributed by atoms with E-state index in [1.807, 2.05) is 19.1 Å². The number of para-hydroxylation sites is 1. The van der Waals surface area contributed by atoms with Crippen molar-refractivity contribution in [2.45, 2.75) is 26.0 Å². The quantitative estimate of drug-likeness (QED) is 0.905. The van der Waals surface area contributed by atoms with Crippen LogP contribution in [0.5, 0.6) is 5.75 Å². The lowest BCUT2D eigenvalue weighted by Crippen LogP contribution is -2.18. The molecule has 0 fully saturated rings. The van der Waals surface area contributed by atoms with Gasteiger partial charge in [0.25, 0.3) is 0 Å². The Morgan fingerprint density at radius 2 is 2.16 bits per heavy atom. The van der Waals surface area contributed by atoms with E-state index in [-0.39, 0.29) is 17.6 Å². The molecule has 0 aliphatic heterocycles. The number of thiophene rings is 1. The highest BCUT2D eigenvalue weighted by atomic mass is 35.5. The molecule has 0 radical (unpaired) electrons. The van der Waals surface area contributed by atoms with Crippen LogP contribution in [0.1, 0.15) is 17.4 Å². The zero-order valence-electron chi connectivity index (χ0n) is 10.5. The summed E-state index contributed by atoms with van der Waals surface area (Å²) in [7, 11) is 0. The minimum Gasteiger partial charge on any atom is -0.485 e. The first-order chi connectivity index (χ1) is 9.06. The minimum atomic E-state index is -0.360. The van der Waals surface area contributed by atoms with E-state index in [9.17, 15) is 4.39 Å². The van der Waals surface area contributed by atoms with Crippen molar-refractivity contribution in [3.63, 3.8) is 0 Å². The lowest BCUT2D eigenvalue weighted by molar-refractivity contribution is 0.289. The standard InChI is InChI=1S/C14H15ClFNOS/c1-9(17)7-10-3-2-4-12(16)14(10)18-8-11-5-6-13(15)19-11/h2-6,9H,7-8,17H2,1H3. The van der Waals surface area contributed by atoms with Crippen LogP contribution in [-0.4, -0.2) is 6.04 Å². The third kappa shape index (κ3) is 3.93. The molecule has 0 saturated carbocycles. The maximum Gasteiger partial charge on any atom is 0.165 e. The molecule has 1 heterocycles. The van der Waals surface area contributed by atoms with E-state index in [0.29, 0.717) is 17.4 Å². The largest absolute Gasteiger partial charge is 0.485 e. The summed E-state index contributed by atoms with van der Waals surface area (Å²) in [5, 5.41) is 0. The van der Waals surface area contributed by atoms with Crippen molar-refractivity contribution >= 4 is 22.9 Å². The van der Waals surface area contributed by atoms with E-state index in [0.717, 1.165) is 10.4 Å². The Morgan fingerprint density at radius 3 is 2.79 bits per heavy atom. The molecule has 2 N–H and O–H groups in total. The van der Waals surface area contributed by atoms with Gasteiger partial charge in [0.05, 0.1) is 4.34 Å². The van der Waals surface area contributed by atoms with E-state index in [1.54, 1.807) is 12.1 Å². The van der Waals surface area contributed by atoms with Gasteiger partial charge in [0.2, 0.25) is 0 Å². The molecule has 0 amide bonds. The lowest BCUT2D eigenvalue weighted by Gasteiger charge is -2.13. The average molecular weight is 300 g/mol. The van der Waals surface area contributed by atoms with Crippen molar-refractivity contribution in [1.29, 1.82) is 0 Å². The molecule has 1 atom stereocenters. The normalized spacial score (nSPS) is 12.4. The van der Waals surface area contributed by atoms with E-state index >= 15 is 0 Å². The van der Waals surface area contributed by atoms with E-state index in [1.165, 1.54) is 17.4 Å². The van der Waals surface area contributed by atoms with Crippen LogP contribution in [0, 0.1) is 5.82 Å². The average Bonchev–Trinajstić information content (AvgIpc) is 2.73. The summed E-state index contributed by atoms with van der Waals surface area (Å²) in [6.45, 7) is 2.19. The molecule has 1 unspecified atom stereocenters. The third-order valence-corrected chi connectivity index (χ3v) is 3.78. The zero-order chi connectivity index (χ0) is 13.8. The number of nitrogens with two attached hydrogens (primary N) is 1. The first kappa shape index (κ1) is 14.3. The highest BCUT2D eigenvalue weighted by molar-refractivity contribution is 7.16. The van der Waals surface area contributed by atoms with Crippen molar-refractivity contribution in [2.75, 3.05) is 0 Å². The molecule has 2 aromatic rings. The van der Waals surface area contributed by atoms with Crippen LogP contribution in [0.3, 0.4) is 0 Å². The fourth-order valence-corrected chi connectivity index (χ4v) is 2.80. The highest BCUT2D eigenvalue weighted by Gasteiger charge is 2.12. The Kier molecular flexibility index (Phi) is 4.80. The highest BCUT2D eigenvalue weighted by Crippen LogP contribution is 2.27. The second-order valence-corrected chi connectivity index (χ2v) is 6.20. The fourth-order valence-electron chi connectivity index (χ4n) is 1.80. The van der Waals surface area contributed by atoms with Gasteiger partial charge in [0.15, 0.2) is 11.6 Å². The Morgan fingerprint density at radius 1 is 1.37 bits per heavy atom.